The van der Waals surface area contributed by atoms with Crippen molar-refractivity contribution in [3.8, 4) is 22.4 Å². The van der Waals surface area contributed by atoms with Gasteiger partial charge in [-0.15, -0.1) is 0 Å². The zero-order chi connectivity index (χ0) is 14.1. The Morgan fingerprint density at radius 3 is 2.75 bits per heavy atom. The molecule has 0 bridgehead atoms. The highest BCUT2D eigenvalue weighted by molar-refractivity contribution is 9.10. The van der Waals surface area contributed by atoms with Gasteiger partial charge in [-0.25, -0.2) is 0 Å². The minimum atomic E-state index is 0.480. The summed E-state index contributed by atoms with van der Waals surface area (Å²) in [6, 6.07) is 10.0. The van der Waals surface area contributed by atoms with Gasteiger partial charge >= 0.3 is 0 Å². The van der Waals surface area contributed by atoms with Crippen LogP contribution in [0, 0.1) is 6.92 Å². The molecule has 3 N–H and O–H groups in total. The first kappa shape index (κ1) is 12.9. The third-order valence-electron chi connectivity index (χ3n) is 3.19. The highest BCUT2D eigenvalue weighted by Crippen LogP contribution is 2.35. The Kier molecular flexibility index (Phi) is 3.28. The molecule has 3 aromatic rings. The molecule has 0 spiro atoms. The van der Waals surface area contributed by atoms with Crippen LogP contribution in [-0.2, 0) is 0 Å². The van der Waals surface area contributed by atoms with E-state index in [0.717, 1.165) is 32.4 Å². The molecule has 0 amide bonds. The van der Waals surface area contributed by atoms with Gasteiger partial charge in [0.15, 0.2) is 5.82 Å². The summed E-state index contributed by atoms with van der Waals surface area (Å²) in [7, 11) is 0. The number of nitrogens with two attached hydrogens (primary N) is 1. The van der Waals surface area contributed by atoms with E-state index in [9.17, 15) is 0 Å². The van der Waals surface area contributed by atoms with E-state index in [1.807, 2.05) is 24.3 Å². The number of aryl methyl sites for hydroxylation is 1. The van der Waals surface area contributed by atoms with Gasteiger partial charge in [0.05, 0.1) is 11.3 Å². The molecule has 0 fully saturated rings. The van der Waals surface area contributed by atoms with Crippen LogP contribution in [0.25, 0.3) is 22.4 Å². The number of anilines is 1. The van der Waals surface area contributed by atoms with Crippen LogP contribution in [0.4, 0.5) is 5.82 Å². The third-order valence-corrected chi connectivity index (χ3v) is 4.08. The second-order valence-electron chi connectivity index (χ2n) is 4.56. The maximum absolute atomic E-state index is 6.00. The number of hydrogen-bond acceptors (Lipinski definition) is 3. The molecule has 2 heterocycles. The molecular formula is C15H13BrN4. The van der Waals surface area contributed by atoms with Crippen LogP contribution in [0.1, 0.15) is 5.56 Å². The first-order valence-electron chi connectivity index (χ1n) is 6.17. The van der Waals surface area contributed by atoms with E-state index in [1.54, 1.807) is 12.4 Å². The van der Waals surface area contributed by atoms with Crippen molar-refractivity contribution in [1.29, 1.82) is 0 Å². The fourth-order valence-electron chi connectivity index (χ4n) is 2.17. The molecule has 1 aromatic carbocycles. The number of nitrogen functional groups attached to an aromatic ring is 1. The molecule has 0 aliphatic carbocycles. The van der Waals surface area contributed by atoms with Gasteiger partial charge in [0.25, 0.3) is 0 Å². The molecule has 0 atom stereocenters. The third kappa shape index (κ3) is 2.20. The predicted octanol–water partition coefficient (Wildman–Crippen LogP) is 3.79. The molecule has 0 aliphatic rings. The maximum Gasteiger partial charge on any atom is 0.153 e. The number of nitrogens with one attached hydrogen (secondary N) is 1. The fraction of sp³-hybridized carbons (Fsp3) is 0.0667. The molecule has 0 saturated carbocycles. The van der Waals surface area contributed by atoms with Crippen molar-refractivity contribution in [2.24, 2.45) is 0 Å². The summed E-state index contributed by atoms with van der Waals surface area (Å²) in [5, 5.41) is 7.15. The van der Waals surface area contributed by atoms with Crippen molar-refractivity contribution >= 4 is 21.7 Å². The monoisotopic (exact) mass is 328 g/mol. The Morgan fingerprint density at radius 2 is 2.05 bits per heavy atom. The van der Waals surface area contributed by atoms with Crippen LogP contribution in [0.15, 0.2) is 47.2 Å². The number of aromatic nitrogens is 3. The number of pyridine rings is 1. The van der Waals surface area contributed by atoms with E-state index >= 15 is 0 Å². The summed E-state index contributed by atoms with van der Waals surface area (Å²) >= 11 is 3.51. The van der Waals surface area contributed by atoms with Gasteiger partial charge in [-0.1, -0.05) is 28.1 Å². The van der Waals surface area contributed by atoms with Crippen molar-refractivity contribution in [3.63, 3.8) is 0 Å². The van der Waals surface area contributed by atoms with Crippen LogP contribution in [0.3, 0.4) is 0 Å². The van der Waals surface area contributed by atoms with E-state index in [2.05, 4.69) is 44.1 Å². The number of aromatic amines is 1. The van der Waals surface area contributed by atoms with Gasteiger partial charge in [0.2, 0.25) is 0 Å². The van der Waals surface area contributed by atoms with Crippen LogP contribution in [0.2, 0.25) is 0 Å². The van der Waals surface area contributed by atoms with Crippen LogP contribution in [0.5, 0.6) is 0 Å². The minimum Gasteiger partial charge on any atom is -0.382 e. The summed E-state index contributed by atoms with van der Waals surface area (Å²) in [5.74, 6) is 0.480. The molecule has 0 aliphatic heterocycles. The van der Waals surface area contributed by atoms with Gasteiger partial charge in [0, 0.05) is 28.0 Å². The lowest BCUT2D eigenvalue weighted by molar-refractivity contribution is 1.10. The lowest BCUT2D eigenvalue weighted by Gasteiger charge is -2.06. The highest BCUT2D eigenvalue weighted by Gasteiger charge is 2.15. The van der Waals surface area contributed by atoms with Gasteiger partial charge < -0.3 is 5.73 Å². The average molecular weight is 329 g/mol. The largest absolute Gasteiger partial charge is 0.382 e. The molecule has 3 rings (SSSR count). The van der Waals surface area contributed by atoms with Crippen molar-refractivity contribution < 1.29 is 0 Å². The van der Waals surface area contributed by atoms with E-state index < -0.39 is 0 Å². The topological polar surface area (TPSA) is 67.6 Å². The Hall–Kier alpha value is -2.14. The van der Waals surface area contributed by atoms with E-state index in [4.69, 9.17) is 5.73 Å². The smallest absolute Gasteiger partial charge is 0.153 e. The van der Waals surface area contributed by atoms with Crippen LogP contribution >= 0.6 is 15.9 Å². The molecule has 20 heavy (non-hydrogen) atoms. The van der Waals surface area contributed by atoms with Gasteiger partial charge in [-0.05, 0) is 30.7 Å². The molecule has 2 aromatic heterocycles. The van der Waals surface area contributed by atoms with Crippen molar-refractivity contribution in [1.82, 2.24) is 15.2 Å². The van der Waals surface area contributed by atoms with Crippen molar-refractivity contribution in [2.75, 3.05) is 5.73 Å². The second kappa shape index (κ2) is 5.09. The molecule has 0 radical (unpaired) electrons. The SMILES string of the molecule is Cc1cc(-c2[nH]nc(N)c2-c2cccnc2)ccc1Br. The zero-order valence-corrected chi connectivity index (χ0v) is 12.5. The summed E-state index contributed by atoms with van der Waals surface area (Å²) < 4.78 is 1.08. The Labute approximate surface area is 125 Å². The van der Waals surface area contributed by atoms with Crippen LogP contribution < -0.4 is 5.73 Å². The van der Waals surface area contributed by atoms with E-state index in [-0.39, 0.29) is 0 Å². The number of hydrogen-bond donors (Lipinski definition) is 2. The standard InChI is InChI=1S/C15H13BrN4/c1-9-7-10(4-5-12(9)16)14-13(15(17)20-19-14)11-3-2-6-18-8-11/h2-8H,1H3,(H3,17,19,20). The summed E-state index contributed by atoms with van der Waals surface area (Å²) in [5.41, 5.74) is 11.0. The zero-order valence-electron chi connectivity index (χ0n) is 10.9. The minimum absolute atomic E-state index is 0.480. The fourth-order valence-corrected chi connectivity index (χ4v) is 2.41. The van der Waals surface area contributed by atoms with Crippen molar-refractivity contribution in [2.45, 2.75) is 6.92 Å². The first-order chi connectivity index (χ1) is 9.66. The van der Waals surface area contributed by atoms with Crippen molar-refractivity contribution in [3.05, 3.63) is 52.8 Å². The predicted molar refractivity (Wildman–Crippen MR) is 84.1 cm³/mol. The molecule has 5 heteroatoms. The van der Waals surface area contributed by atoms with E-state index in [0.29, 0.717) is 5.82 Å². The number of H-pyrrole nitrogens is 1. The van der Waals surface area contributed by atoms with Gasteiger partial charge in [0.1, 0.15) is 0 Å². The maximum atomic E-state index is 6.00. The Bertz CT molecular complexity index is 750. The molecule has 4 nitrogen and oxygen atoms in total. The average Bonchev–Trinajstić information content (AvgIpc) is 2.85. The first-order valence-corrected chi connectivity index (χ1v) is 6.97. The molecule has 0 unspecified atom stereocenters. The lowest BCUT2D eigenvalue weighted by atomic mass is 10.0. The highest BCUT2D eigenvalue weighted by atomic mass is 79.9. The van der Waals surface area contributed by atoms with Crippen LogP contribution in [-0.4, -0.2) is 15.2 Å². The summed E-state index contributed by atoms with van der Waals surface area (Å²) in [6.45, 7) is 2.05. The van der Waals surface area contributed by atoms with Gasteiger partial charge in [-0.3, -0.25) is 10.1 Å². The Balaban J connectivity index is 2.18. The number of rotatable bonds is 2. The molecule has 0 saturated heterocycles. The normalized spacial score (nSPS) is 10.7. The quantitative estimate of drug-likeness (QED) is 0.752. The van der Waals surface area contributed by atoms with Gasteiger partial charge in [-0.2, -0.15) is 5.10 Å². The Morgan fingerprint density at radius 1 is 1.20 bits per heavy atom. The molecular weight excluding hydrogens is 316 g/mol. The lowest BCUT2D eigenvalue weighted by Crippen LogP contribution is -1.89. The number of benzene rings is 1. The second-order valence-corrected chi connectivity index (χ2v) is 5.42. The summed E-state index contributed by atoms with van der Waals surface area (Å²) in [4.78, 5) is 4.14. The summed E-state index contributed by atoms with van der Waals surface area (Å²) in [6.07, 6.45) is 3.53. The number of halogens is 1. The number of nitrogens with zero attached hydrogens (tertiary/aromatic N) is 2. The molecule has 100 valence electrons. The van der Waals surface area contributed by atoms with E-state index in [1.165, 1.54) is 0 Å².